The van der Waals surface area contributed by atoms with Crippen LogP contribution in [-0.2, 0) is 9.59 Å². The summed E-state index contributed by atoms with van der Waals surface area (Å²) in [6.45, 7) is -0.0551. The summed E-state index contributed by atoms with van der Waals surface area (Å²) in [6.07, 6.45) is -16.1. The van der Waals surface area contributed by atoms with Crippen molar-refractivity contribution in [3.8, 4) is 0 Å². The molecule has 0 radical (unpaired) electrons. The summed E-state index contributed by atoms with van der Waals surface area (Å²) < 4.78 is 0. The molecular formula is C12H22O11. The van der Waals surface area contributed by atoms with E-state index >= 15 is 0 Å². The molecule has 0 spiro atoms. The van der Waals surface area contributed by atoms with E-state index in [-0.39, 0.29) is 0 Å². The van der Waals surface area contributed by atoms with E-state index in [0.29, 0.717) is 0 Å². The molecule has 0 aromatic rings. The Kier molecular flexibility index (Phi) is 8.34. The van der Waals surface area contributed by atoms with Gasteiger partial charge in [-0.15, -0.1) is 0 Å². The molecule has 0 aliphatic heterocycles. The zero-order valence-electron chi connectivity index (χ0n) is 12.2. The van der Waals surface area contributed by atoms with E-state index in [0.717, 1.165) is 6.92 Å². The molecule has 11 heteroatoms. The van der Waals surface area contributed by atoms with E-state index in [1.54, 1.807) is 0 Å². The van der Waals surface area contributed by atoms with Crippen LogP contribution in [0.5, 0.6) is 0 Å². The standard InChI is InChI=1S/C12H22O11/c1-4(15)6(17)8(19)9(20)11(22)12(23,3-14)10(21)7(18)5(16)2-13/h3-10,13,15-21,23H,2H2,1H3/t4-,5-,6-,7-,8+,9-,10+,12+/m1/s1. The van der Waals surface area contributed by atoms with Crippen molar-refractivity contribution in [2.24, 2.45) is 0 Å². The molecule has 0 heterocycles. The number of carbonyl (C=O) groups is 2. The van der Waals surface area contributed by atoms with Crippen LogP contribution in [0.15, 0.2) is 0 Å². The van der Waals surface area contributed by atoms with Crippen molar-refractivity contribution in [1.29, 1.82) is 0 Å². The molecule has 0 saturated heterocycles. The summed E-state index contributed by atoms with van der Waals surface area (Å²) in [6, 6.07) is 0. The Morgan fingerprint density at radius 1 is 1.00 bits per heavy atom. The predicted octanol–water partition coefficient (Wildman–Crippen LogP) is -5.98. The number of hydrogen-bond donors (Lipinski definition) is 9. The number of aldehydes is 1. The topological polar surface area (TPSA) is 216 Å². The summed E-state index contributed by atoms with van der Waals surface area (Å²) in [4.78, 5) is 22.9. The third-order valence-corrected chi connectivity index (χ3v) is 3.37. The van der Waals surface area contributed by atoms with E-state index in [9.17, 15) is 40.2 Å². The van der Waals surface area contributed by atoms with Gasteiger partial charge in [-0.1, -0.05) is 0 Å². The van der Waals surface area contributed by atoms with Crippen molar-refractivity contribution in [2.45, 2.75) is 55.3 Å². The minimum absolute atomic E-state index is 0.544. The molecule has 0 aromatic carbocycles. The maximum absolute atomic E-state index is 11.9. The molecule has 136 valence electrons. The van der Waals surface area contributed by atoms with Crippen molar-refractivity contribution in [3.63, 3.8) is 0 Å². The second-order valence-corrected chi connectivity index (χ2v) is 5.16. The third-order valence-electron chi connectivity index (χ3n) is 3.37. The lowest BCUT2D eigenvalue weighted by Crippen LogP contribution is -2.63. The van der Waals surface area contributed by atoms with E-state index in [4.69, 9.17) is 15.3 Å². The first-order valence-electron chi connectivity index (χ1n) is 6.56. The number of rotatable bonds is 10. The maximum atomic E-state index is 11.9. The summed E-state index contributed by atoms with van der Waals surface area (Å²) in [7, 11) is 0. The normalized spacial score (nSPS) is 23.7. The lowest BCUT2D eigenvalue weighted by molar-refractivity contribution is -0.186. The first-order chi connectivity index (χ1) is 10.4. The highest BCUT2D eigenvalue weighted by molar-refractivity contribution is 6.04. The van der Waals surface area contributed by atoms with Gasteiger partial charge in [0.2, 0.25) is 11.4 Å². The van der Waals surface area contributed by atoms with Gasteiger partial charge >= 0.3 is 0 Å². The fourth-order valence-corrected chi connectivity index (χ4v) is 1.72. The zero-order valence-corrected chi connectivity index (χ0v) is 12.2. The molecule has 23 heavy (non-hydrogen) atoms. The first kappa shape index (κ1) is 22.0. The fraction of sp³-hybridized carbons (Fsp3) is 0.833. The quantitative estimate of drug-likeness (QED) is 0.134. The Labute approximate surface area is 130 Å². The van der Waals surface area contributed by atoms with Crippen molar-refractivity contribution in [1.82, 2.24) is 0 Å². The van der Waals surface area contributed by atoms with Gasteiger partial charge in [0.1, 0.15) is 36.6 Å². The summed E-state index contributed by atoms with van der Waals surface area (Å²) in [5, 5.41) is 84.3. The molecule has 0 fully saturated rings. The van der Waals surface area contributed by atoms with Crippen molar-refractivity contribution in [2.75, 3.05) is 6.61 Å². The van der Waals surface area contributed by atoms with Crippen molar-refractivity contribution < 1.29 is 55.5 Å². The molecule has 9 N–H and O–H groups in total. The molecule has 0 bridgehead atoms. The van der Waals surface area contributed by atoms with Gasteiger partial charge < -0.3 is 46.0 Å². The second kappa shape index (κ2) is 8.73. The highest BCUT2D eigenvalue weighted by Crippen LogP contribution is 2.20. The minimum Gasteiger partial charge on any atom is -0.394 e. The van der Waals surface area contributed by atoms with Crippen LogP contribution in [-0.4, -0.2) is 113 Å². The molecular weight excluding hydrogens is 320 g/mol. The van der Waals surface area contributed by atoms with Gasteiger partial charge in [0.25, 0.3) is 0 Å². The van der Waals surface area contributed by atoms with Crippen molar-refractivity contribution >= 4 is 12.1 Å². The lowest BCUT2D eigenvalue weighted by atomic mass is 9.83. The van der Waals surface area contributed by atoms with Gasteiger partial charge in [-0.2, -0.15) is 0 Å². The van der Waals surface area contributed by atoms with E-state index in [1.165, 1.54) is 0 Å². The highest BCUT2D eigenvalue weighted by Gasteiger charge is 2.52. The minimum atomic E-state index is -3.45. The van der Waals surface area contributed by atoms with Crippen LogP contribution < -0.4 is 0 Å². The molecule has 8 atom stereocenters. The van der Waals surface area contributed by atoms with Gasteiger partial charge in [-0.25, -0.2) is 0 Å². The summed E-state index contributed by atoms with van der Waals surface area (Å²) in [5.74, 6) is -1.89. The number of aliphatic hydroxyl groups is 9. The van der Waals surface area contributed by atoms with Crippen LogP contribution in [0.4, 0.5) is 0 Å². The summed E-state index contributed by atoms with van der Waals surface area (Å²) >= 11 is 0. The number of ketones is 1. The van der Waals surface area contributed by atoms with Gasteiger partial charge in [-0.3, -0.25) is 9.59 Å². The van der Waals surface area contributed by atoms with Crippen LogP contribution in [0.3, 0.4) is 0 Å². The third kappa shape index (κ3) is 4.73. The lowest BCUT2D eigenvalue weighted by Gasteiger charge is -2.34. The van der Waals surface area contributed by atoms with E-state index in [2.05, 4.69) is 0 Å². The van der Waals surface area contributed by atoms with Crippen molar-refractivity contribution in [3.05, 3.63) is 0 Å². The maximum Gasteiger partial charge on any atom is 0.209 e. The first-order valence-corrected chi connectivity index (χ1v) is 6.56. The van der Waals surface area contributed by atoms with E-state index < -0.39 is 67.0 Å². The van der Waals surface area contributed by atoms with Crippen LogP contribution in [0.25, 0.3) is 0 Å². The average Bonchev–Trinajstić information content (AvgIpc) is 2.55. The summed E-state index contributed by atoms with van der Waals surface area (Å²) in [5.41, 5.74) is -3.45. The fourth-order valence-electron chi connectivity index (χ4n) is 1.72. The molecule has 0 unspecified atom stereocenters. The second-order valence-electron chi connectivity index (χ2n) is 5.16. The predicted molar refractivity (Wildman–Crippen MR) is 70.8 cm³/mol. The molecule has 0 amide bonds. The Hall–Kier alpha value is -1.02. The van der Waals surface area contributed by atoms with Gasteiger partial charge in [-0.05, 0) is 6.92 Å². The smallest absolute Gasteiger partial charge is 0.209 e. The Morgan fingerprint density at radius 2 is 1.48 bits per heavy atom. The van der Waals surface area contributed by atoms with Crippen LogP contribution >= 0.6 is 0 Å². The number of Topliss-reactive ketones (excluding diaryl/α,β-unsaturated/α-hetero) is 1. The van der Waals surface area contributed by atoms with Gasteiger partial charge in [0.05, 0.1) is 12.7 Å². The Bertz CT molecular complexity index is 400. The number of carbonyl (C=O) groups excluding carboxylic acids is 2. The molecule has 0 aliphatic carbocycles. The Balaban J connectivity index is 5.41. The Morgan fingerprint density at radius 3 is 1.83 bits per heavy atom. The van der Waals surface area contributed by atoms with Gasteiger partial charge in [0, 0.05) is 0 Å². The molecule has 0 saturated carbocycles. The van der Waals surface area contributed by atoms with Crippen LogP contribution in [0.2, 0.25) is 0 Å². The molecule has 0 rings (SSSR count). The number of hydrogen-bond acceptors (Lipinski definition) is 11. The average molecular weight is 342 g/mol. The molecule has 0 aliphatic rings. The molecule has 11 nitrogen and oxygen atoms in total. The van der Waals surface area contributed by atoms with E-state index in [1.807, 2.05) is 0 Å². The molecule has 0 aromatic heterocycles. The zero-order chi connectivity index (χ0) is 18.5. The van der Waals surface area contributed by atoms with Gasteiger partial charge in [0.15, 0.2) is 6.29 Å². The largest absolute Gasteiger partial charge is 0.394 e. The van der Waals surface area contributed by atoms with Crippen LogP contribution in [0, 0.1) is 0 Å². The highest BCUT2D eigenvalue weighted by atomic mass is 16.4. The number of aliphatic hydroxyl groups excluding tert-OH is 8. The monoisotopic (exact) mass is 342 g/mol. The van der Waals surface area contributed by atoms with Crippen LogP contribution in [0.1, 0.15) is 6.92 Å². The SMILES string of the molecule is C[C@@H](O)[C@@H](O)[C@H](O)[C@@H](O)C(=O)[C@](O)(C=O)[C@@H](O)[C@H](O)[C@H](O)CO.